The van der Waals surface area contributed by atoms with Crippen LogP contribution >= 0.6 is 0 Å². The van der Waals surface area contributed by atoms with Gasteiger partial charge in [-0.3, -0.25) is 9.59 Å². The van der Waals surface area contributed by atoms with E-state index in [9.17, 15) is 9.59 Å². The van der Waals surface area contributed by atoms with Crippen LogP contribution in [0.2, 0.25) is 0 Å². The first-order valence-corrected chi connectivity index (χ1v) is 10.1. The van der Waals surface area contributed by atoms with Gasteiger partial charge in [0.2, 0.25) is 5.91 Å². The number of hydrogen-bond acceptors (Lipinski definition) is 4. The van der Waals surface area contributed by atoms with Crippen LogP contribution in [0.4, 0.5) is 0 Å². The van der Waals surface area contributed by atoms with Gasteiger partial charge in [0.05, 0.1) is 19.3 Å². The molecule has 0 aliphatic carbocycles. The fourth-order valence-electron chi connectivity index (χ4n) is 3.49. The van der Waals surface area contributed by atoms with Gasteiger partial charge in [0, 0.05) is 38.2 Å². The lowest BCUT2D eigenvalue weighted by atomic mass is 10.1. The van der Waals surface area contributed by atoms with E-state index in [2.05, 4.69) is 5.32 Å². The van der Waals surface area contributed by atoms with Crippen molar-refractivity contribution in [2.75, 3.05) is 32.9 Å². The molecule has 0 bridgehead atoms. The third-order valence-electron chi connectivity index (χ3n) is 5.14. The Kier molecular flexibility index (Phi) is 7.66. The molecule has 6 nitrogen and oxygen atoms in total. The SMILES string of the molecule is O=C(CCOCC1CCCO1)NCc1ccc(C(=O)N2CCCCC2)cc1. The molecule has 2 aliphatic rings. The number of likely N-dealkylation sites (tertiary alicyclic amines) is 1. The molecule has 2 heterocycles. The van der Waals surface area contributed by atoms with Crippen molar-refractivity contribution in [2.45, 2.75) is 51.2 Å². The highest BCUT2D eigenvalue weighted by Gasteiger charge is 2.18. The second kappa shape index (κ2) is 10.4. The standard InChI is InChI=1S/C21H30N2O4/c24-20(10-14-26-16-19-5-4-13-27-19)22-15-17-6-8-18(9-7-17)21(25)23-11-2-1-3-12-23/h6-9,19H,1-5,10-16H2,(H,22,24). The first-order valence-electron chi connectivity index (χ1n) is 10.1. The molecule has 2 amide bonds. The van der Waals surface area contributed by atoms with E-state index < -0.39 is 0 Å². The molecule has 0 aromatic heterocycles. The van der Waals surface area contributed by atoms with Crippen LogP contribution in [0, 0.1) is 0 Å². The van der Waals surface area contributed by atoms with Crippen LogP contribution in [0.25, 0.3) is 0 Å². The fourth-order valence-corrected chi connectivity index (χ4v) is 3.49. The van der Waals surface area contributed by atoms with Crippen molar-refractivity contribution in [3.8, 4) is 0 Å². The van der Waals surface area contributed by atoms with Gasteiger partial charge in [0.15, 0.2) is 0 Å². The smallest absolute Gasteiger partial charge is 0.253 e. The highest BCUT2D eigenvalue weighted by molar-refractivity contribution is 5.94. The minimum Gasteiger partial charge on any atom is -0.378 e. The summed E-state index contributed by atoms with van der Waals surface area (Å²) in [6, 6.07) is 7.52. The van der Waals surface area contributed by atoms with Gasteiger partial charge in [0.25, 0.3) is 5.91 Å². The van der Waals surface area contributed by atoms with Gasteiger partial charge in [-0.2, -0.15) is 0 Å². The van der Waals surface area contributed by atoms with E-state index in [1.807, 2.05) is 29.2 Å². The molecule has 1 aromatic carbocycles. The summed E-state index contributed by atoms with van der Waals surface area (Å²) in [6.07, 6.45) is 6.07. The van der Waals surface area contributed by atoms with Crippen molar-refractivity contribution in [1.29, 1.82) is 0 Å². The predicted molar refractivity (Wildman–Crippen MR) is 102 cm³/mol. The van der Waals surface area contributed by atoms with Gasteiger partial charge in [0.1, 0.15) is 0 Å². The normalized spacial score (nSPS) is 19.9. The molecule has 1 aromatic rings. The molecule has 2 fully saturated rings. The second-order valence-electron chi connectivity index (χ2n) is 7.29. The third-order valence-corrected chi connectivity index (χ3v) is 5.14. The lowest BCUT2D eigenvalue weighted by Crippen LogP contribution is -2.35. The molecular weight excluding hydrogens is 344 g/mol. The molecule has 1 atom stereocenters. The molecule has 2 saturated heterocycles. The lowest BCUT2D eigenvalue weighted by molar-refractivity contribution is -0.122. The summed E-state index contributed by atoms with van der Waals surface area (Å²) in [5.74, 6) is 0.0736. The topological polar surface area (TPSA) is 67.9 Å². The van der Waals surface area contributed by atoms with Crippen LogP contribution in [0.5, 0.6) is 0 Å². The van der Waals surface area contributed by atoms with E-state index in [4.69, 9.17) is 9.47 Å². The van der Waals surface area contributed by atoms with Crippen molar-refractivity contribution in [1.82, 2.24) is 10.2 Å². The monoisotopic (exact) mass is 374 g/mol. The highest BCUT2D eigenvalue weighted by atomic mass is 16.5. The van der Waals surface area contributed by atoms with Gasteiger partial charge < -0.3 is 19.7 Å². The van der Waals surface area contributed by atoms with E-state index in [1.54, 1.807) is 0 Å². The number of nitrogens with zero attached hydrogens (tertiary/aromatic N) is 1. The van der Waals surface area contributed by atoms with E-state index in [0.717, 1.165) is 56.5 Å². The Balaban J connectivity index is 1.34. The Labute approximate surface area is 161 Å². The zero-order valence-corrected chi connectivity index (χ0v) is 16.0. The molecule has 0 radical (unpaired) electrons. The molecule has 27 heavy (non-hydrogen) atoms. The maximum Gasteiger partial charge on any atom is 0.253 e. The number of piperidine rings is 1. The van der Waals surface area contributed by atoms with Gasteiger partial charge in [-0.1, -0.05) is 12.1 Å². The van der Waals surface area contributed by atoms with E-state index in [1.165, 1.54) is 6.42 Å². The van der Waals surface area contributed by atoms with Gasteiger partial charge in [-0.05, 0) is 49.8 Å². The molecule has 3 rings (SSSR count). The summed E-state index contributed by atoms with van der Waals surface area (Å²) in [5, 5.41) is 2.89. The van der Waals surface area contributed by atoms with Crippen LogP contribution in [0.15, 0.2) is 24.3 Å². The first kappa shape index (κ1) is 19.8. The summed E-state index contributed by atoms with van der Waals surface area (Å²) in [6.45, 7) is 3.96. The first-order chi connectivity index (χ1) is 13.2. The van der Waals surface area contributed by atoms with Crippen LogP contribution in [0.3, 0.4) is 0 Å². The van der Waals surface area contributed by atoms with Gasteiger partial charge in [-0.25, -0.2) is 0 Å². The maximum absolute atomic E-state index is 12.5. The maximum atomic E-state index is 12.5. The second-order valence-corrected chi connectivity index (χ2v) is 7.29. The molecular formula is C21H30N2O4. The summed E-state index contributed by atoms with van der Waals surface area (Å²) >= 11 is 0. The molecule has 0 spiro atoms. The van der Waals surface area contributed by atoms with Crippen LogP contribution in [0.1, 0.15) is 54.4 Å². The minimum absolute atomic E-state index is 0.0317. The number of ether oxygens (including phenoxy) is 2. The average molecular weight is 374 g/mol. The van der Waals surface area contributed by atoms with Crippen molar-refractivity contribution in [2.24, 2.45) is 0 Å². The van der Waals surface area contributed by atoms with Gasteiger partial charge >= 0.3 is 0 Å². The number of hydrogen-bond donors (Lipinski definition) is 1. The number of carbonyl (C=O) groups is 2. The number of benzene rings is 1. The predicted octanol–water partition coefficient (Wildman–Crippen LogP) is 2.51. The largest absolute Gasteiger partial charge is 0.378 e. The Morgan fingerprint density at radius 2 is 1.89 bits per heavy atom. The van der Waals surface area contributed by atoms with Crippen molar-refractivity contribution < 1.29 is 19.1 Å². The Hall–Kier alpha value is -1.92. The van der Waals surface area contributed by atoms with Crippen LogP contribution < -0.4 is 5.32 Å². The molecule has 6 heteroatoms. The number of rotatable bonds is 8. The quantitative estimate of drug-likeness (QED) is 0.710. The van der Waals surface area contributed by atoms with Gasteiger partial charge in [-0.15, -0.1) is 0 Å². The average Bonchev–Trinajstić information content (AvgIpc) is 3.24. The van der Waals surface area contributed by atoms with Crippen molar-refractivity contribution in [3.05, 3.63) is 35.4 Å². The lowest BCUT2D eigenvalue weighted by Gasteiger charge is -2.26. The summed E-state index contributed by atoms with van der Waals surface area (Å²) in [5.41, 5.74) is 1.70. The van der Waals surface area contributed by atoms with Crippen LogP contribution in [-0.4, -0.2) is 55.7 Å². The Morgan fingerprint density at radius 1 is 1.11 bits per heavy atom. The van der Waals surface area contributed by atoms with E-state index >= 15 is 0 Å². The Bertz CT molecular complexity index is 605. The number of carbonyl (C=O) groups excluding carboxylic acids is 2. The van der Waals surface area contributed by atoms with E-state index in [-0.39, 0.29) is 17.9 Å². The molecule has 0 saturated carbocycles. The summed E-state index contributed by atoms with van der Waals surface area (Å²) < 4.78 is 11.0. The van der Waals surface area contributed by atoms with E-state index in [0.29, 0.717) is 26.2 Å². The van der Waals surface area contributed by atoms with Crippen molar-refractivity contribution >= 4 is 11.8 Å². The molecule has 2 aliphatic heterocycles. The summed E-state index contributed by atoms with van der Waals surface area (Å²) in [7, 11) is 0. The number of nitrogens with one attached hydrogen (secondary N) is 1. The third kappa shape index (κ3) is 6.33. The number of amides is 2. The zero-order chi connectivity index (χ0) is 18.9. The van der Waals surface area contributed by atoms with Crippen LogP contribution in [-0.2, 0) is 20.8 Å². The molecule has 148 valence electrons. The Morgan fingerprint density at radius 3 is 2.59 bits per heavy atom. The molecule has 1 N–H and O–H groups in total. The van der Waals surface area contributed by atoms with Crippen molar-refractivity contribution in [3.63, 3.8) is 0 Å². The zero-order valence-electron chi connectivity index (χ0n) is 16.0. The fraction of sp³-hybridized carbons (Fsp3) is 0.619. The molecule has 1 unspecified atom stereocenters. The summed E-state index contributed by atoms with van der Waals surface area (Å²) in [4.78, 5) is 26.3. The highest BCUT2D eigenvalue weighted by Crippen LogP contribution is 2.14. The minimum atomic E-state index is -0.0317.